The van der Waals surface area contributed by atoms with Gasteiger partial charge in [-0.3, -0.25) is 4.79 Å². The zero-order valence-electron chi connectivity index (χ0n) is 15.4. The normalized spacial score (nSPS) is 11.6. The molecule has 0 radical (unpaired) electrons. The predicted octanol–water partition coefficient (Wildman–Crippen LogP) is 3.61. The van der Waals surface area contributed by atoms with Crippen molar-refractivity contribution in [3.63, 3.8) is 0 Å². The van der Waals surface area contributed by atoms with Crippen LogP contribution in [0.4, 0.5) is 0 Å². The van der Waals surface area contributed by atoms with Gasteiger partial charge in [0, 0.05) is 12.6 Å². The number of para-hydroxylation sites is 1. The van der Waals surface area contributed by atoms with Crippen LogP contribution >= 0.6 is 0 Å². The number of amides is 1. The van der Waals surface area contributed by atoms with Gasteiger partial charge in [0.2, 0.25) is 0 Å². The Morgan fingerprint density at radius 2 is 1.72 bits per heavy atom. The largest absolute Gasteiger partial charge is 0.496 e. The summed E-state index contributed by atoms with van der Waals surface area (Å²) >= 11 is 0. The van der Waals surface area contributed by atoms with Crippen LogP contribution in [0.25, 0.3) is 0 Å². The van der Waals surface area contributed by atoms with Crippen molar-refractivity contribution in [2.45, 2.75) is 19.9 Å². The van der Waals surface area contributed by atoms with E-state index >= 15 is 0 Å². The summed E-state index contributed by atoms with van der Waals surface area (Å²) in [6, 6.07) is 13.2. The lowest BCUT2D eigenvalue weighted by Gasteiger charge is -2.26. The van der Waals surface area contributed by atoms with Crippen molar-refractivity contribution < 1.29 is 19.0 Å². The van der Waals surface area contributed by atoms with Gasteiger partial charge in [-0.1, -0.05) is 24.3 Å². The molecule has 0 saturated carbocycles. The summed E-state index contributed by atoms with van der Waals surface area (Å²) in [6.07, 6.45) is 0. The third-order valence-electron chi connectivity index (χ3n) is 4.23. The number of aryl methyl sites for hydroxylation is 1. The molecule has 0 N–H and O–H groups in total. The molecule has 0 saturated heterocycles. The van der Waals surface area contributed by atoms with E-state index in [9.17, 15) is 4.79 Å². The van der Waals surface area contributed by atoms with Gasteiger partial charge in [-0.25, -0.2) is 0 Å². The second-order valence-corrected chi connectivity index (χ2v) is 5.87. The van der Waals surface area contributed by atoms with Gasteiger partial charge in [-0.2, -0.15) is 0 Å². The highest BCUT2D eigenvalue weighted by Crippen LogP contribution is 2.29. The Balaban J connectivity index is 2.05. The third kappa shape index (κ3) is 4.44. The second kappa shape index (κ2) is 8.42. The van der Waals surface area contributed by atoms with Gasteiger partial charge < -0.3 is 19.1 Å². The van der Waals surface area contributed by atoms with Crippen LogP contribution in [-0.4, -0.2) is 38.7 Å². The minimum Gasteiger partial charge on any atom is -0.496 e. The van der Waals surface area contributed by atoms with E-state index in [0.29, 0.717) is 11.5 Å². The Morgan fingerprint density at radius 1 is 1.04 bits per heavy atom. The maximum atomic E-state index is 12.5. The summed E-state index contributed by atoms with van der Waals surface area (Å²) in [5.74, 6) is 1.81. The van der Waals surface area contributed by atoms with E-state index < -0.39 is 0 Å². The molecule has 0 aliphatic heterocycles. The first-order valence-corrected chi connectivity index (χ1v) is 8.14. The molecule has 2 aromatic carbocycles. The number of benzene rings is 2. The molecule has 0 heterocycles. The molecule has 1 amide bonds. The van der Waals surface area contributed by atoms with Gasteiger partial charge in [-0.05, 0) is 37.6 Å². The summed E-state index contributed by atoms with van der Waals surface area (Å²) in [4.78, 5) is 14.2. The molecular weight excluding hydrogens is 318 g/mol. The molecule has 5 nitrogen and oxygen atoms in total. The molecule has 0 aliphatic rings. The smallest absolute Gasteiger partial charge is 0.260 e. The Labute approximate surface area is 149 Å². The van der Waals surface area contributed by atoms with Crippen molar-refractivity contribution in [3.05, 3.63) is 53.6 Å². The summed E-state index contributed by atoms with van der Waals surface area (Å²) in [5, 5.41) is 0. The average Bonchev–Trinajstić information content (AvgIpc) is 2.65. The van der Waals surface area contributed by atoms with E-state index in [1.54, 1.807) is 26.2 Å². The number of likely N-dealkylation sites (N-methyl/N-ethyl adjacent to an activating group) is 1. The minimum absolute atomic E-state index is 0.0601. The highest BCUT2D eigenvalue weighted by Gasteiger charge is 2.21. The number of nitrogens with zero attached hydrogens (tertiary/aromatic N) is 1. The lowest BCUT2D eigenvalue weighted by molar-refractivity contribution is -0.134. The molecule has 1 unspecified atom stereocenters. The fourth-order valence-electron chi connectivity index (χ4n) is 2.57. The van der Waals surface area contributed by atoms with E-state index in [4.69, 9.17) is 14.2 Å². The van der Waals surface area contributed by atoms with Crippen molar-refractivity contribution >= 4 is 5.91 Å². The van der Waals surface area contributed by atoms with Crippen LogP contribution in [0.15, 0.2) is 42.5 Å². The van der Waals surface area contributed by atoms with Crippen molar-refractivity contribution in [3.8, 4) is 17.2 Å². The van der Waals surface area contributed by atoms with Crippen molar-refractivity contribution in [1.82, 2.24) is 4.90 Å². The van der Waals surface area contributed by atoms with Crippen molar-refractivity contribution in [2.24, 2.45) is 0 Å². The first-order chi connectivity index (χ1) is 12.0. The number of carbonyl (C=O) groups excluding carboxylic acids is 1. The first kappa shape index (κ1) is 18.6. The molecule has 0 fully saturated rings. The molecule has 1 atom stereocenters. The second-order valence-electron chi connectivity index (χ2n) is 5.87. The van der Waals surface area contributed by atoms with E-state index in [-0.39, 0.29) is 18.6 Å². The average molecular weight is 343 g/mol. The molecule has 2 rings (SSSR count). The van der Waals surface area contributed by atoms with Gasteiger partial charge in [0.25, 0.3) is 5.91 Å². The van der Waals surface area contributed by atoms with Crippen molar-refractivity contribution in [2.75, 3.05) is 27.9 Å². The maximum Gasteiger partial charge on any atom is 0.260 e. The van der Waals surface area contributed by atoms with Crippen LogP contribution in [0.2, 0.25) is 0 Å². The summed E-state index contributed by atoms with van der Waals surface area (Å²) < 4.78 is 16.3. The third-order valence-corrected chi connectivity index (χ3v) is 4.23. The lowest BCUT2D eigenvalue weighted by atomic mass is 10.1. The molecule has 0 bridgehead atoms. The van der Waals surface area contributed by atoms with Gasteiger partial charge in [0.05, 0.1) is 20.3 Å². The molecule has 0 aliphatic carbocycles. The first-order valence-electron chi connectivity index (χ1n) is 8.14. The summed E-state index contributed by atoms with van der Waals surface area (Å²) in [5.41, 5.74) is 2.02. The van der Waals surface area contributed by atoms with Gasteiger partial charge >= 0.3 is 0 Å². The van der Waals surface area contributed by atoms with E-state index in [2.05, 4.69) is 0 Å². The Hall–Kier alpha value is -2.69. The topological polar surface area (TPSA) is 48.0 Å². The van der Waals surface area contributed by atoms with Crippen LogP contribution in [0.3, 0.4) is 0 Å². The number of carbonyl (C=O) groups is 1. The van der Waals surface area contributed by atoms with Crippen LogP contribution < -0.4 is 14.2 Å². The SMILES string of the molecule is COc1cc(C)ccc1OCC(=O)N(C)C(C)c1ccccc1OC. The van der Waals surface area contributed by atoms with Crippen LogP contribution in [-0.2, 0) is 4.79 Å². The van der Waals surface area contributed by atoms with Crippen LogP contribution in [0.5, 0.6) is 17.2 Å². The maximum absolute atomic E-state index is 12.5. The number of methoxy groups -OCH3 is 2. The summed E-state index contributed by atoms with van der Waals surface area (Å²) in [7, 11) is 4.97. The molecule has 0 spiro atoms. The van der Waals surface area contributed by atoms with Crippen LogP contribution in [0.1, 0.15) is 24.1 Å². The number of hydrogen-bond acceptors (Lipinski definition) is 4. The number of hydrogen-bond donors (Lipinski definition) is 0. The van der Waals surface area contributed by atoms with Crippen molar-refractivity contribution in [1.29, 1.82) is 0 Å². The molecule has 0 aromatic heterocycles. The zero-order valence-corrected chi connectivity index (χ0v) is 15.4. The molecule has 5 heteroatoms. The van der Waals surface area contributed by atoms with Gasteiger partial charge in [-0.15, -0.1) is 0 Å². The van der Waals surface area contributed by atoms with E-state index in [1.807, 2.05) is 56.3 Å². The Bertz CT molecular complexity index is 729. The van der Waals surface area contributed by atoms with E-state index in [1.165, 1.54) is 0 Å². The van der Waals surface area contributed by atoms with Crippen LogP contribution in [0, 0.1) is 6.92 Å². The van der Waals surface area contributed by atoms with E-state index in [0.717, 1.165) is 16.9 Å². The quantitative estimate of drug-likeness (QED) is 0.770. The standard InChI is InChI=1S/C20H25NO4/c1-14-10-11-18(19(12-14)24-5)25-13-20(22)21(3)15(2)16-8-6-7-9-17(16)23-4/h6-12,15H,13H2,1-5H3. The molecule has 134 valence electrons. The number of ether oxygens (including phenoxy) is 3. The fourth-order valence-corrected chi connectivity index (χ4v) is 2.57. The van der Waals surface area contributed by atoms with Gasteiger partial charge in [0.15, 0.2) is 18.1 Å². The zero-order chi connectivity index (χ0) is 18.4. The Morgan fingerprint density at radius 3 is 2.40 bits per heavy atom. The molecular formula is C20H25NO4. The number of rotatable bonds is 7. The highest BCUT2D eigenvalue weighted by molar-refractivity contribution is 5.78. The fraction of sp³-hybridized carbons (Fsp3) is 0.350. The summed E-state index contributed by atoms with van der Waals surface area (Å²) in [6.45, 7) is 3.87. The minimum atomic E-state index is -0.132. The predicted molar refractivity (Wildman–Crippen MR) is 97.4 cm³/mol. The Kier molecular flexibility index (Phi) is 6.28. The molecule has 2 aromatic rings. The van der Waals surface area contributed by atoms with Gasteiger partial charge in [0.1, 0.15) is 5.75 Å². The monoisotopic (exact) mass is 343 g/mol. The lowest BCUT2D eigenvalue weighted by Crippen LogP contribution is -2.33. The highest BCUT2D eigenvalue weighted by atomic mass is 16.5. The molecule has 25 heavy (non-hydrogen) atoms.